The first-order valence-corrected chi connectivity index (χ1v) is 6.40. The molecule has 4 nitrogen and oxygen atoms in total. The molecule has 2 atom stereocenters. The van der Waals surface area contributed by atoms with Crippen LogP contribution in [0.2, 0.25) is 0 Å². The third-order valence-corrected chi connectivity index (χ3v) is 4.40. The van der Waals surface area contributed by atoms with E-state index < -0.39 is 22.8 Å². The van der Waals surface area contributed by atoms with Gasteiger partial charge in [-0.05, 0) is 30.4 Å². The van der Waals surface area contributed by atoms with Gasteiger partial charge in [-0.2, -0.15) is 0 Å². The Balaban J connectivity index is 1.93. The van der Waals surface area contributed by atoms with Crippen LogP contribution in [0.1, 0.15) is 24.0 Å². The van der Waals surface area contributed by atoms with Gasteiger partial charge in [-0.25, -0.2) is 8.78 Å². The fourth-order valence-corrected chi connectivity index (χ4v) is 3.10. The van der Waals surface area contributed by atoms with Crippen LogP contribution in [0.25, 0.3) is 0 Å². The average molecular weight is 280 g/mol. The van der Waals surface area contributed by atoms with Gasteiger partial charge in [0.05, 0.1) is 10.5 Å². The van der Waals surface area contributed by atoms with E-state index in [1.807, 2.05) is 0 Å². The Morgan fingerprint density at radius 2 is 2.20 bits per heavy atom. The number of rotatable bonds is 2. The van der Waals surface area contributed by atoms with Crippen molar-refractivity contribution in [1.82, 2.24) is 5.32 Å². The summed E-state index contributed by atoms with van der Waals surface area (Å²) >= 11 is 0. The van der Waals surface area contributed by atoms with Crippen LogP contribution in [0.4, 0.5) is 14.5 Å². The molecule has 1 N–H and O–H groups in total. The number of nitrogens with one attached hydrogen (secondary N) is 1. The van der Waals surface area contributed by atoms with Gasteiger partial charge in [-0.15, -0.1) is 0 Å². The molecule has 1 aromatic carbocycles. The molecule has 1 spiro atoms. The molecule has 1 aliphatic heterocycles. The summed E-state index contributed by atoms with van der Waals surface area (Å²) in [6, 6.07) is 4.69. The van der Waals surface area contributed by atoms with E-state index in [1.165, 1.54) is 12.1 Å². The Morgan fingerprint density at radius 3 is 2.80 bits per heavy atom. The molecule has 106 valence electrons. The summed E-state index contributed by atoms with van der Waals surface area (Å²) in [6.07, 6.45) is 1.10. The molecule has 2 aliphatic rings. The summed E-state index contributed by atoms with van der Waals surface area (Å²) < 4.78 is 26.9. The molecule has 3 rings (SSSR count). The van der Waals surface area contributed by atoms with Crippen LogP contribution in [-0.4, -0.2) is 17.3 Å². The van der Waals surface area contributed by atoms with Crippen molar-refractivity contribution in [3.8, 4) is 0 Å². The Kier molecular flexibility index (Phi) is 2.61. The molecule has 1 fully saturated rings. The van der Waals surface area contributed by atoms with E-state index in [2.05, 4.69) is 11.9 Å². The number of hydrogen-bond acceptors (Lipinski definition) is 3. The van der Waals surface area contributed by atoms with Crippen LogP contribution in [0.3, 0.4) is 0 Å². The van der Waals surface area contributed by atoms with Gasteiger partial charge in [0, 0.05) is 17.8 Å². The minimum atomic E-state index is -2.03. The summed E-state index contributed by atoms with van der Waals surface area (Å²) in [7, 11) is 0. The van der Waals surface area contributed by atoms with Gasteiger partial charge >= 0.3 is 0 Å². The van der Waals surface area contributed by atoms with E-state index in [9.17, 15) is 18.9 Å². The second kappa shape index (κ2) is 4.01. The molecule has 20 heavy (non-hydrogen) atoms. The summed E-state index contributed by atoms with van der Waals surface area (Å²) in [6.45, 7) is 2.49. The molecule has 0 radical (unpaired) electrons. The Labute approximate surface area is 114 Å². The highest BCUT2D eigenvalue weighted by atomic mass is 19.2. The summed E-state index contributed by atoms with van der Waals surface area (Å²) in [5.41, 5.74) is -0.706. The van der Waals surface area contributed by atoms with Crippen LogP contribution < -0.4 is 5.32 Å². The van der Waals surface area contributed by atoms with E-state index in [4.69, 9.17) is 0 Å². The minimum Gasteiger partial charge on any atom is -0.376 e. The van der Waals surface area contributed by atoms with Crippen molar-refractivity contribution < 1.29 is 13.7 Å². The number of alkyl halides is 2. The van der Waals surface area contributed by atoms with Gasteiger partial charge in [-0.1, -0.05) is 12.6 Å². The Bertz CT molecular complexity index is 619. The van der Waals surface area contributed by atoms with Crippen molar-refractivity contribution in [3.05, 3.63) is 51.7 Å². The molecule has 0 bridgehead atoms. The molecular formula is C14H14F2N2O2. The fraction of sp³-hybridized carbons (Fsp3) is 0.429. The lowest BCUT2D eigenvalue weighted by Gasteiger charge is -2.51. The number of halogens is 2. The lowest BCUT2D eigenvalue weighted by molar-refractivity contribution is -0.385. The van der Waals surface area contributed by atoms with Crippen LogP contribution >= 0.6 is 0 Å². The molecule has 1 aromatic rings. The van der Waals surface area contributed by atoms with Crippen molar-refractivity contribution in [1.29, 1.82) is 0 Å². The maximum atomic E-state index is 14.1. The number of nitrogens with zero attached hydrogens (tertiary/aromatic N) is 1. The molecule has 0 saturated carbocycles. The summed E-state index contributed by atoms with van der Waals surface area (Å²) in [5.74, 6) is 0. The maximum absolute atomic E-state index is 14.1. The Hall–Kier alpha value is -1.98. The van der Waals surface area contributed by atoms with E-state index >= 15 is 0 Å². The zero-order valence-electron chi connectivity index (χ0n) is 10.8. The predicted octanol–water partition coefficient (Wildman–Crippen LogP) is 2.92. The second-order valence-corrected chi connectivity index (χ2v) is 5.56. The number of benzene rings is 1. The van der Waals surface area contributed by atoms with Crippen molar-refractivity contribution in [2.75, 3.05) is 6.67 Å². The van der Waals surface area contributed by atoms with Gasteiger partial charge in [0.1, 0.15) is 6.67 Å². The fourth-order valence-electron chi connectivity index (χ4n) is 3.10. The first kappa shape index (κ1) is 13.0. The number of nitro benzene ring substituents is 1. The van der Waals surface area contributed by atoms with Crippen molar-refractivity contribution in [3.63, 3.8) is 0 Å². The molecular weight excluding hydrogens is 266 g/mol. The topological polar surface area (TPSA) is 55.2 Å². The molecule has 1 saturated heterocycles. The van der Waals surface area contributed by atoms with Gasteiger partial charge in [-0.3, -0.25) is 10.1 Å². The van der Waals surface area contributed by atoms with E-state index in [0.717, 1.165) is 11.1 Å². The molecule has 0 aromatic heterocycles. The van der Waals surface area contributed by atoms with E-state index in [1.54, 1.807) is 6.07 Å². The summed E-state index contributed by atoms with van der Waals surface area (Å²) in [5, 5.41) is 13.8. The highest BCUT2D eigenvalue weighted by Gasteiger charge is 2.51. The van der Waals surface area contributed by atoms with Crippen molar-refractivity contribution >= 4 is 5.69 Å². The zero-order valence-corrected chi connectivity index (χ0v) is 10.8. The Morgan fingerprint density at radius 1 is 1.45 bits per heavy atom. The number of piperidine rings is 1. The molecule has 1 aliphatic carbocycles. The van der Waals surface area contributed by atoms with Gasteiger partial charge in [0.25, 0.3) is 5.69 Å². The normalized spacial score (nSPS) is 31.4. The molecule has 6 heteroatoms. The van der Waals surface area contributed by atoms with E-state index in [0.29, 0.717) is 12.8 Å². The van der Waals surface area contributed by atoms with Crippen molar-refractivity contribution in [2.45, 2.75) is 30.5 Å². The largest absolute Gasteiger partial charge is 0.376 e. The molecule has 1 heterocycles. The van der Waals surface area contributed by atoms with Gasteiger partial charge in [0.2, 0.25) is 0 Å². The standard InChI is InChI=1S/C14H14F2N2O2/c1-9-13(16,8-15)4-5-14(17-9)7-10-2-3-11(18(19)20)6-12(10)14/h2-3,6,17H,1,4-5,7-8H2/t13-,14-/m1/s1. The molecule has 0 amide bonds. The predicted molar refractivity (Wildman–Crippen MR) is 69.8 cm³/mol. The lowest BCUT2D eigenvalue weighted by Crippen LogP contribution is -2.58. The number of allylic oxidation sites excluding steroid dienone is 1. The first-order chi connectivity index (χ1) is 9.40. The SMILES string of the molecule is C=C1N[C@]2(CC[C@@]1(F)CF)Cc1ccc([N+](=O)[O-])cc12. The van der Waals surface area contributed by atoms with Crippen LogP contribution in [0, 0.1) is 10.1 Å². The minimum absolute atomic E-state index is 0.0119. The lowest BCUT2D eigenvalue weighted by atomic mass is 9.64. The van der Waals surface area contributed by atoms with Gasteiger partial charge < -0.3 is 5.32 Å². The monoisotopic (exact) mass is 280 g/mol. The summed E-state index contributed by atoms with van der Waals surface area (Å²) in [4.78, 5) is 10.4. The van der Waals surface area contributed by atoms with Crippen LogP contribution in [-0.2, 0) is 12.0 Å². The molecule has 0 unspecified atom stereocenters. The highest BCUT2D eigenvalue weighted by molar-refractivity contribution is 5.52. The number of nitro groups is 1. The maximum Gasteiger partial charge on any atom is 0.269 e. The van der Waals surface area contributed by atoms with Crippen LogP contribution in [0.15, 0.2) is 30.5 Å². The average Bonchev–Trinajstić information content (AvgIpc) is 2.41. The number of non-ortho nitro benzene ring substituents is 1. The second-order valence-electron chi connectivity index (χ2n) is 5.56. The number of hydrogen-bond donors (Lipinski definition) is 1. The first-order valence-electron chi connectivity index (χ1n) is 6.40. The third-order valence-electron chi connectivity index (χ3n) is 4.40. The van der Waals surface area contributed by atoms with Crippen LogP contribution in [0.5, 0.6) is 0 Å². The van der Waals surface area contributed by atoms with Gasteiger partial charge in [0.15, 0.2) is 5.67 Å². The third kappa shape index (κ3) is 1.63. The van der Waals surface area contributed by atoms with E-state index in [-0.39, 0.29) is 17.8 Å². The smallest absolute Gasteiger partial charge is 0.269 e. The quantitative estimate of drug-likeness (QED) is 0.669. The zero-order chi connectivity index (χ0) is 14.5. The highest BCUT2D eigenvalue weighted by Crippen LogP contribution is 2.49. The number of fused-ring (bicyclic) bond motifs is 2. The van der Waals surface area contributed by atoms with Crippen molar-refractivity contribution in [2.24, 2.45) is 0 Å².